The zero-order valence-electron chi connectivity index (χ0n) is 13.1. The number of fused-ring (bicyclic) bond motifs is 1. The number of halogens is 2. The van der Waals surface area contributed by atoms with Gasteiger partial charge in [-0.05, 0) is 30.2 Å². The fraction of sp³-hybridized carbons (Fsp3) is 0.111. The molecule has 3 aromatic rings. The van der Waals surface area contributed by atoms with Crippen LogP contribution in [0, 0.1) is 11.6 Å². The zero-order chi connectivity index (χ0) is 17.8. The van der Waals surface area contributed by atoms with E-state index in [0.29, 0.717) is 6.42 Å². The molecule has 0 aliphatic heterocycles. The van der Waals surface area contributed by atoms with Gasteiger partial charge < -0.3 is 15.6 Å². The van der Waals surface area contributed by atoms with Crippen molar-refractivity contribution in [2.24, 2.45) is 0 Å². The summed E-state index contributed by atoms with van der Waals surface area (Å²) in [4.78, 5) is 26.7. The minimum atomic E-state index is -1.05. The van der Waals surface area contributed by atoms with E-state index < -0.39 is 23.4 Å². The van der Waals surface area contributed by atoms with Crippen LogP contribution in [0.25, 0.3) is 10.9 Å². The fourth-order valence-electron chi connectivity index (χ4n) is 2.50. The summed E-state index contributed by atoms with van der Waals surface area (Å²) >= 11 is 0. The number of aromatic amines is 1. The number of hydrogen-bond donors (Lipinski definition) is 3. The van der Waals surface area contributed by atoms with Crippen molar-refractivity contribution in [3.63, 3.8) is 0 Å². The lowest BCUT2D eigenvalue weighted by atomic mass is 10.1. The largest absolute Gasteiger partial charge is 0.361 e. The summed E-state index contributed by atoms with van der Waals surface area (Å²) in [5.41, 5.74) is 1.62. The Labute approximate surface area is 142 Å². The molecular formula is C18H15F2N3O2. The fourth-order valence-corrected chi connectivity index (χ4v) is 2.50. The average molecular weight is 343 g/mol. The predicted molar refractivity (Wildman–Crippen MR) is 90.0 cm³/mol. The molecular weight excluding hydrogens is 328 g/mol. The molecule has 3 rings (SSSR count). The van der Waals surface area contributed by atoms with E-state index in [0.717, 1.165) is 34.7 Å². The lowest BCUT2D eigenvalue weighted by Crippen LogP contribution is -2.36. The Balaban J connectivity index is 1.55. The number of carbonyl (C=O) groups is 2. The first-order valence-corrected chi connectivity index (χ1v) is 7.64. The predicted octanol–water partition coefficient (Wildman–Crippen LogP) is 2.74. The number of benzene rings is 2. The van der Waals surface area contributed by atoms with E-state index in [-0.39, 0.29) is 12.2 Å². The van der Waals surface area contributed by atoms with Crippen molar-refractivity contribution in [2.75, 3.05) is 11.9 Å². The van der Waals surface area contributed by atoms with E-state index in [9.17, 15) is 18.4 Å². The minimum Gasteiger partial charge on any atom is -0.361 e. The van der Waals surface area contributed by atoms with Gasteiger partial charge in [-0.15, -0.1) is 0 Å². The number of carbonyl (C=O) groups excluding carboxylic acids is 2. The second-order valence-electron chi connectivity index (χ2n) is 5.44. The molecule has 0 fully saturated rings. The third-order valence-corrected chi connectivity index (χ3v) is 3.74. The summed E-state index contributed by atoms with van der Waals surface area (Å²) in [6.07, 6.45) is 2.37. The Morgan fingerprint density at radius 2 is 1.84 bits per heavy atom. The molecule has 0 spiro atoms. The summed E-state index contributed by atoms with van der Waals surface area (Å²) in [6, 6.07) is 10.3. The zero-order valence-corrected chi connectivity index (χ0v) is 13.1. The molecule has 0 saturated heterocycles. The first-order chi connectivity index (χ1) is 12.0. The Kier molecular flexibility index (Phi) is 4.74. The Morgan fingerprint density at radius 3 is 2.68 bits per heavy atom. The molecule has 7 heteroatoms. The van der Waals surface area contributed by atoms with Gasteiger partial charge in [0, 0.05) is 29.7 Å². The van der Waals surface area contributed by atoms with Crippen LogP contribution in [0.1, 0.15) is 5.56 Å². The maximum Gasteiger partial charge on any atom is 0.313 e. The van der Waals surface area contributed by atoms with E-state index in [1.165, 1.54) is 0 Å². The molecule has 0 bridgehead atoms. The second kappa shape index (κ2) is 7.12. The molecule has 3 N–H and O–H groups in total. The van der Waals surface area contributed by atoms with Crippen molar-refractivity contribution in [1.29, 1.82) is 0 Å². The van der Waals surface area contributed by atoms with Crippen LogP contribution < -0.4 is 10.6 Å². The molecule has 1 heterocycles. The molecule has 0 aliphatic carbocycles. The van der Waals surface area contributed by atoms with E-state index in [4.69, 9.17) is 0 Å². The van der Waals surface area contributed by atoms with Crippen molar-refractivity contribution < 1.29 is 18.4 Å². The van der Waals surface area contributed by atoms with Crippen molar-refractivity contribution in [2.45, 2.75) is 6.42 Å². The van der Waals surface area contributed by atoms with Gasteiger partial charge in [-0.3, -0.25) is 9.59 Å². The minimum absolute atomic E-state index is 0.236. The third kappa shape index (κ3) is 3.82. The number of rotatable bonds is 4. The van der Waals surface area contributed by atoms with Crippen molar-refractivity contribution in [3.05, 3.63) is 65.9 Å². The Morgan fingerprint density at radius 1 is 1.04 bits per heavy atom. The monoisotopic (exact) mass is 343 g/mol. The van der Waals surface area contributed by atoms with Crippen molar-refractivity contribution in [1.82, 2.24) is 10.3 Å². The maximum atomic E-state index is 13.5. The summed E-state index contributed by atoms with van der Waals surface area (Å²) in [5, 5.41) is 5.56. The number of aromatic nitrogens is 1. The molecule has 0 unspecified atom stereocenters. The van der Waals surface area contributed by atoms with Crippen molar-refractivity contribution in [3.8, 4) is 0 Å². The molecule has 2 aromatic carbocycles. The average Bonchev–Trinajstić information content (AvgIpc) is 3.01. The summed E-state index contributed by atoms with van der Waals surface area (Å²) < 4.78 is 26.5. The molecule has 5 nitrogen and oxygen atoms in total. The van der Waals surface area contributed by atoms with Crippen LogP contribution in [0.2, 0.25) is 0 Å². The van der Waals surface area contributed by atoms with Crippen LogP contribution in [-0.2, 0) is 16.0 Å². The van der Waals surface area contributed by atoms with Gasteiger partial charge in [0.05, 0.1) is 5.69 Å². The Hall–Kier alpha value is -3.22. The highest BCUT2D eigenvalue weighted by Gasteiger charge is 2.16. The number of H-pyrrole nitrogens is 1. The second-order valence-corrected chi connectivity index (χ2v) is 5.44. The number of para-hydroxylation sites is 1. The van der Waals surface area contributed by atoms with Crippen LogP contribution in [0.15, 0.2) is 48.7 Å². The first-order valence-electron chi connectivity index (χ1n) is 7.64. The van der Waals surface area contributed by atoms with Gasteiger partial charge in [0.2, 0.25) is 0 Å². The molecule has 0 saturated carbocycles. The van der Waals surface area contributed by atoms with Crippen LogP contribution in [0.5, 0.6) is 0 Å². The summed E-state index contributed by atoms with van der Waals surface area (Å²) in [5.74, 6) is -3.50. The van der Waals surface area contributed by atoms with Gasteiger partial charge in [0.15, 0.2) is 0 Å². The van der Waals surface area contributed by atoms with Gasteiger partial charge >= 0.3 is 11.8 Å². The van der Waals surface area contributed by atoms with Gasteiger partial charge in [0.25, 0.3) is 0 Å². The number of nitrogens with one attached hydrogen (secondary N) is 3. The van der Waals surface area contributed by atoms with Crippen molar-refractivity contribution >= 4 is 28.4 Å². The van der Waals surface area contributed by atoms with Crippen LogP contribution >= 0.6 is 0 Å². The summed E-state index contributed by atoms with van der Waals surface area (Å²) in [7, 11) is 0. The lowest BCUT2D eigenvalue weighted by molar-refractivity contribution is -0.136. The van der Waals surface area contributed by atoms with Gasteiger partial charge in [0.1, 0.15) is 11.6 Å². The molecule has 25 heavy (non-hydrogen) atoms. The molecule has 0 atom stereocenters. The lowest BCUT2D eigenvalue weighted by Gasteiger charge is -2.07. The molecule has 2 amide bonds. The molecule has 0 radical (unpaired) electrons. The first kappa shape index (κ1) is 16.6. The Bertz CT molecular complexity index is 937. The summed E-state index contributed by atoms with van der Waals surface area (Å²) in [6.45, 7) is 0.236. The topological polar surface area (TPSA) is 74.0 Å². The van der Waals surface area contributed by atoms with Crippen LogP contribution in [-0.4, -0.2) is 23.3 Å². The van der Waals surface area contributed by atoms with E-state index in [1.807, 2.05) is 30.5 Å². The maximum absolute atomic E-state index is 13.5. The smallest absolute Gasteiger partial charge is 0.313 e. The highest BCUT2D eigenvalue weighted by atomic mass is 19.1. The highest BCUT2D eigenvalue weighted by molar-refractivity contribution is 6.39. The van der Waals surface area contributed by atoms with Gasteiger partial charge in [-0.1, -0.05) is 18.2 Å². The molecule has 128 valence electrons. The van der Waals surface area contributed by atoms with E-state index in [2.05, 4.69) is 15.6 Å². The van der Waals surface area contributed by atoms with Crippen LogP contribution in [0.3, 0.4) is 0 Å². The number of amides is 2. The standard InChI is InChI=1S/C18H15F2N3O2/c19-12-5-6-14(20)16(9-12)23-18(25)17(24)21-8-7-11-10-22-15-4-2-1-3-13(11)15/h1-6,9-10,22H,7-8H2,(H,21,24)(H,23,25). The molecule has 0 aliphatic rings. The number of anilines is 1. The normalized spacial score (nSPS) is 10.6. The van der Waals surface area contributed by atoms with E-state index >= 15 is 0 Å². The van der Waals surface area contributed by atoms with Gasteiger partial charge in [-0.2, -0.15) is 0 Å². The SMILES string of the molecule is O=C(NCCc1c[nH]c2ccccc12)C(=O)Nc1cc(F)ccc1F. The number of hydrogen-bond acceptors (Lipinski definition) is 2. The van der Waals surface area contributed by atoms with Crippen LogP contribution in [0.4, 0.5) is 14.5 Å². The van der Waals surface area contributed by atoms with Gasteiger partial charge in [-0.25, -0.2) is 8.78 Å². The highest BCUT2D eigenvalue weighted by Crippen LogP contribution is 2.18. The quantitative estimate of drug-likeness (QED) is 0.637. The molecule has 1 aromatic heterocycles. The third-order valence-electron chi connectivity index (χ3n) is 3.74. The van der Waals surface area contributed by atoms with E-state index in [1.54, 1.807) is 0 Å².